The summed E-state index contributed by atoms with van der Waals surface area (Å²) in [7, 11) is -3.72. The predicted molar refractivity (Wildman–Crippen MR) is 75.0 cm³/mol. The van der Waals surface area contributed by atoms with Gasteiger partial charge in [-0.25, -0.2) is 15.7 Å². The Labute approximate surface area is 119 Å². The van der Waals surface area contributed by atoms with Crippen LogP contribution in [0, 0.1) is 6.57 Å². The number of hydrogen-bond donors (Lipinski definition) is 0. The second-order valence-electron chi connectivity index (χ2n) is 4.43. The van der Waals surface area contributed by atoms with Gasteiger partial charge in [-0.05, 0) is 31.9 Å². The lowest BCUT2D eigenvalue weighted by Gasteiger charge is -2.23. The molecule has 1 atom stereocenters. The molecule has 0 heterocycles. The van der Waals surface area contributed by atoms with Crippen molar-refractivity contribution in [2.24, 2.45) is 0 Å². The van der Waals surface area contributed by atoms with E-state index in [0.717, 1.165) is 17.5 Å². The van der Waals surface area contributed by atoms with E-state index in [-0.39, 0.29) is 13.2 Å². The molecule has 0 spiro atoms. The van der Waals surface area contributed by atoms with Gasteiger partial charge in [0.1, 0.15) is 0 Å². The van der Waals surface area contributed by atoms with E-state index < -0.39 is 13.5 Å². The molecule has 0 aromatic heterocycles. The van der Waals surface area contributed by atoms with Crippen LogP contribution in [0.2, 0.25) is 0 Å². The van der Waals surface area contributed by atoms with Gasteiger partial charge in [-0.15, -0.1) is 0 Å². The Morgan fingerprint density at radius 1 is 1.30 bits per heavy atom. The fourth-order valence-corrected chi connectivity index (χ4v) is 3.79. The van der Waals surface area contributed by atoms with Gasteiger partial charge < -0.3 is 0 Å². The average molecular weight is 295 g/mol. The molecule has 1 unspecified atom stereocenters. The van der Waals surface area contributed by atoms with Crippen molar-refractivity contribution < 1.29 is 18.1 Å². The highest BCUT2D eigenvalue weighted by atomic mass is 31.2. The van der Waals surface area contributed by atoms with Crippen LogP contribution in [-0.2, 0) is 30.3 Å². The molecular weight excluding hydrogens is 277 g/mol. The molecule has 1 aliphatic rings. The largest absolute Gasteiger partial charge is 0.481 e. The van der Waals surface area contributed by atoms with Gasteiger partial charge in [-0.2, -0.15) is 0 Å². The Bertz CT molecular complexity index is 559. The van der Waals surface area contributed by atoms with Crippen LogP contribution in [0.25, 0.3) is 4.85 Å². The average Bonchev–Trinajstić information content (AvgIpc) is 2.79. The maximum Gasteiger partial charge on any atom is 0.481 e. The molecule has 1 aromatic carbocycles. The number of phosphoric ester groups is 1. The molecule has 0 aliphatic heterocycles. The second kappa shape index (κ2) is 6.07. The van der Waals surface area contributed by atoms with Crippen LogP contribution in [0.3, 0.4) is 0 Å². The fraction of sp³-hybridized carbons (Fsp3) is 0.500. The first-order valence-electron chi connectivity index (χ1n) is 6.66. The summed E-state index contributed by atoms with van der Waals surface area (Å²) in [5.41, 5.74) is 0.536. The quantitative estimate of drug-likeness (QED) is 0.590. The van der Waals surface area contributed by atoms with E-state index in [1.807, 2.05) is 24.3 Å². The summed E-state index contributed by atoms with van der Waals surface area (Å²) < 4.78 is 28.4. The normalized spacial score (nSPS) is 21.4. The Hall–Kier alpha value is -1.18. The van der Waals surface area contributed by atoms with Crippen molar-refractivity contribution >= 4 is 7.82 Å². The summed E-state index contributed by atoms with van der Waals surface area (Å²) in [4.78, 5) is 3.61. The molecule has 0 fully saturated rings. The van der Waals surface area contributed by atoms with E-state index in [2.05, 4.69) is 4.85 Å². The third-order valence-corrected chi connectivity index (χ3v) is 4.86. The van der Waals surface area contributed by atoms with Gasteiger partial charge in [0, 0.05) is 0 Å². The van der Waals surface area contributed by atoms with E-state index >= 15 is 0 Å². The topological polar surface area (TPSA) is 49.1 Å². The first-order chi connectivity index (χ1) is 9.59. The molecule has 2 rings (SSSR count). The molecule has 0 N–H and O–H groups in total. The van der Waals surface area contributed by atoms with Crippen molar-refractivity contribution in [2.75, 3.05) is 13.2 Å². The maximum atomic E-state index is 12.5. The van der Waals surface area contributed by atoms with Crippen LogP contribution in [-0.4, -0.2) is 13.2 Å². The van der Waals surface area contributed by atoms with Crippen LogP contribution < -0.4 is 0 Å². The molecule has 0 bridgehead atoms. The van der Waals surface area contributed by atoms with Gasteiger partial charge in [0.05, 0.1) is 25.2 Å². The molecule has 5 nitrogen and oxygen atoms in total. The number of aryl methyl sites for hydroxylation is 1. The standard InChI is InChI=1S/C14H18NO4P/c1-4-17-20(16,18-5-2)19-14(15-3)11-10-12-8-6-7-9-13(12)14/h6-9H,4-5,10-11H2,1-2H3. The molecular formula is C14H18NO4P. The van der Waals surface area contributed by atoms with Crippen LogP contribution in [0.5, 0.6) is 0 Å². The first-order valence-corrected chi connectivity index (χ1v) is 8.12. The zero-order valence-electron chi connectivity index (χ0n) is 11.7. The molecule has 1 aliphatic carbocycles. The van der Waals surface area contributed by atoms with Crippen molar-refractivity contribution in [3.05, 3.63) is 46.8 Å². The lowest BCUT2D eigenvalue weighted by Crippen LogP contribution is -2.22. The summed E-state index contributed by atoms with van der Waals surface area (Å²) in [6.45, 7) is 11.3. The van der Waals surface area contributed by atoms with Gasteiger partial charge in [-0.3, -0.25) is 13.9 Å². The third-order valence-electron chi connectivity index (χ3n) is 3.19. The molecule has 1 aromatic rings. The summed E-state index contributed by atoms with van der Waals surface area (Å²) in [5.74, 6) is 0. The van der Waals surface area contributed by atoms with Crippen molar-refractivity contribution in [2.45, 2.75) is 32.4 Å². The van der Waals surface area contributed by atoms with Crippen molar-refractivity contribution in [3.63, 3.8) is 0 Å². The van der Waals surface area contributed by atoms with Crippen molar-refractivity contribution in [1.82, 2.24) is 0 Å². The van der Waals surface area contributed by atoms with Crippen LogP contribution >= 0.6 is 7.82 Å². The van der Waals surface area contributed by atoms with Gasteiger partial charge in [0.2, 0.25) is 0 Å². The lowest BCUT2D eigenvalue weighted by molar-refractivity contribution is 0.0394. The number of hydrogen-bond acceptors (Lipinski definition) is 4. The van der Waals surface area contributed by atoms with Gasteiger partial charge in [0.15, 0.2) is 0 Å². The minimum absolute atomic E-state index is 0.201. The second-order valence-corrected chi connectivity index (χ2v) is 6.02. The number of nitrogens with zero attached hydrogens (tertiary/aromatic N) is 1. The lowest BCUT2D eigenvalue weighted by atomic mass is 10.1. The number of benzene rings is 1. The van der Waals surface area contributed by atoms with E-state index in [4.69, 9.17) is 20.1 Å². The molecule has 6 heteroatoms. The Balaban J connectivity index is 2.35. The van der Waals surface area contributed by atoms with Gasteiger partial charge >= 0.3 is 13.5 Å². The summed E-state index contributed by atoms with van der Waals surface area (Å²) >= 11 is 0. The van der Waals surface area contributed by atoms with E-state index in [9.17, 15) is 4.57 Å². The Kier molecular flexibility index (Phi) is 4.62. The zero-order chi connectivity index (χ0) is 14.6. The molecule has 0 amide bonds. The maximum absolute atomic E-state index is 12.5. The molecule has 0 radical (unpaired) electrons. The number of phosphoric acid groups is 1. The van der Waals surface area contributed by atoms with Crippen molar-refractivity contribution in [1.29, 1.82) is 0 Å². The fourth-order valence-electron chi connectivity index (χ4n) is 2.38. The van der Waals surface area contributed by atoms with Crippen LogP contribution in [0.1, 0.15) is 31.4 Å². The van der Waals surface area contributed by atoms with E-state index in [1.165, 1.54) is 0 Å². The van der Waals surface area contributed by atoms with Gasteiger partial charge in [-0.1, -0.05) is 18.2 Å². The van der Waals surface area contributed by atoms with Gasteiger partial charge in [0.25, 0.3) is 0 Å². The van der Waals surface area contributed by atoms with E-state index in [0.29, 0.717) is 6.42 Å². The Morgan fingerprint density at radius 3 is 2.55 bits per heavy atom. The molecule has 0 saturated carbocycles. The van der Waals surface area contributed by atoms with Crippen LogP contribution in [0.4, 0.5) is 0 Å². The van der Waals surface area contributed by atoms with Crippen molar-refractivity contribution in [3.8, 4) is 0 Å². The highest BCUT2D eigenvalue weighted by molar-refractivity contribution is 7.48. The summed E-state index contributed by atoms with van der Waals surface area (Å²) in [6.07, 6.45) is 1.18. The highest BCUT2D eigenvalue weighted by Gasteiger charge is 2.52. The summed E-state index contributed by atoms with van der Waals surface area (Å²) in [6, 6.07) is 7.56. The number of fused-ring (bicyclic) bond motifs is 1. The molecule has 20 heavy (non-hydrogen) atoms. The predicted octanol–water partition coefficient (Wildman–Crippen LogP) is 3.90. The minimum Gasteiger partial charge on any atom is -0.287 e. The SMILES string of the molecule is [C-]#[N+]C1(OP(=O)(OCC)OCC)CCc2ccccc21. The minimum atomic E-state index is -3.72. The molecule has 0 saturated heterocycles. The first kappa shape index (κ1) is 15.2. The number of rotatable bonds is 6. The monoisotopic (exact) mass is 295 g/mol. The highest BCUT2D eigenvalue weighted by Crippen LogP contribution is 2.58. The Morgan fingerprint density at radius 2 is 1.95 bits per heavy atom. The van der Waals surface area contributed by atoms with E-state index in [1.54, 1.807) is 13.8 Å². The molecule has 108 valence electrons. The van der Waals surface area contributed by atoms with Crippen LogP contribution in [0.15, 0.2) is 24.3 Å². The zero-order valence-corrected chi connectivity index (χ0v) is 12.6. The third kappa shape index (κ3) is 2.79. The smallest absolute Gasteiger partial charge is 0.287 e. The summed E-state index contributed by atoms with van der Waals surface area (Å²) in [5, 5.41) is 0.